The topological polar surface area (TPSA) is 77.4 Å². The summed E-state index contributed by atoms with van der Waals surface area (Å²) in [5.74, 6) is 0.0566. The van der Waals surface area contributed by atoms with E-state index in [9.17, 15) is 9.90 Å². The Hall–Kier alpha value is -0.600. The summed E-state index contributed by atoms with van der Waals surface area (Å²) in [7, 11) is 2.81. The van der Waals surface area contributed by atoms with Gasteiger partial charge in [-0.05, 0) is 15.9 Å². The first-order valence-electron chi connectivity index (χ1n) is 5.54. The maximum Gasteiger partial charge on any atom is 0.355 e. The number of methoxy groups -OCH3 is 2. The molecule has 2 rings (SSSR count). The summed E-state index contributed by atoms with van der Waals surface area (Å²) in [6, 6.07) is 0. The molecule has 1 aliphatic heterocycles. The molecular formula is C11H13Br2NO5. The molecule has 0 fully saturated rings. The average molecular weight is 399 g/mol. The van der Waals surface area contributed by atoms with Gasteiger partial charge in [-0.25, -0.2) is 4.79 Å². The number of carbonyl (C=O) groups excluding carboxylic acids is 1. The molecule has 19 heavy (non-hydrogen) atoms. The Balaban J connectivity index is 2.25. The van der Waals surface area contributed by atoms with Crippen LogP contribution in [0.3, 0.4) is 0 Å². The Kier molecular flexibility index (Phi) is 4.22. The van der Waals surface area contributed by atoms with Gasteiger partial charge in [0.25, 0.3) is 0 Å². The minimum atomic E-state index is -0.974. The molecule has 1 N–H and O–H groups in total. The minimum absolute atomic E-state index is 0.137. The smallest absolute Gasteiger partial charge is 0.355 e. The Labute approximate surface area is 127 Å². The molecule has 0 aromatic heterocycles. The van der Waals surface area contributed by atoms with Gasteiger partial charge in [-0.1, -0.05) is 21.1 Å². The van der Waals surface area contributed by atoms with Crippen molar-refractivity contribution in [1.82, 2.24) is 0 Å². The lowest BCUT2D eigenvalue weighted by molar-refractivity contribution is -0.132. The van der Waals surface area contributed by atoms with E-state index in [0.29, 0.717) is 16.7 Å². The number of hydrogen-bond acceptors (Lipinski definition) is 6. The first kappa shape index (κ1) is 14.8. The van der Waals surface area contributed by atoms with Crippen molar-refractivity contribution in [2.24, 2.45) is 5.16 Å². The molecule has 1 spiro atoms. The quantitative estimate of drug-likeness (QED) is 0.562. The first-order chi connectivity index (χ1) is 8.95. The van der Waals surface area contributed by atoms with Crippen LogP contribution in [0.5, 0.6) is 0 Å². The van der Waals surface area contributed by atoms with Crippen molar-refractivity contribution < 1.29 is 24.2 Å². The van der Waals surface area contributed by atoms with Crippen LogP contribution < -0.4 is 0 Å². The number of nitrogens with zero attached hydrogens (tertiary/aromatic N) is 1. The van der Waals surface area contributed by atoms with E-state index in [1.165, 1.54) is 14.2 Å². The van der Waals surface area contributed by atoms with Crippen LogP contribution >= 0.6 is 31.9 Å². The predicted octanol–water partition coefficient (Wildman–Crippen LogP) is 1.46. The molecule has 0 radical (unpaired) electrons. The Bertz CT molecular complexity index is 464. The molecule has 106 valence electrons. The highest BCUT2D eigenvalue weighted by atomic mass is 79.9. The normalized spacial score (nSPS) is 34.1. The number of esters is 1. The zero-order chi connectivity index (χ0) is 14.2. The zero-order valence-corrected chi connectivity index (χ0v) is 13.5. The zero-order valence-electron chi connectivity index (χ0n) is 10.4. The summed E-state index contributed by atoms with van der Waals surface area (Å²) >= 11 is 6.78. The van der Waals surface area contributed by atoms with Crippen LogP contribution in [-0.2, 0) is 19.1 Å². The molecule has 1 heterocycles. The number of oxime groups is 1. The van der Waals surface area contributed by atoms with Gasteiger partial charge in [0.15, 0.2) is 11.3 Å². The summed E-state index contributed by atoms with van der Waals surface area (Å²) in [5, 5.41) is 14.1. The largest absolute Gasteiger partial charge is 0.499 e. The number of carbonyl (C=O) groups is 1. The van der Waals surface area contributed by atoms with Gasteiger partial charge in [-0.15, -0.1) is 0 Å². The number of hydrogen-bond donors (Lipinski definition) is 1. The summed E-state index contributed by atoms with van der Waals surface area (Å²) < 4.78 is 10.3. The SMILES string of the molecule is COC(=O)C1=NO[C@@]2(C1)CC(Br)C(OC)=C(Br)[C@@H]2O. The molecule has 0 bridgehead atoms. The number of rotatable bonds is 2. The number of halogens is 2. The van der Waals surface area contributed by atoms with Crippen molar-refractivity contribution in [3.63, 3.8) is 0 Å². The number of aliphatic hydroxyl groups is 1. The van der Waals surface area contributed by atoms with Crippen molar-refractivity contribution in [2.75, 3.05) is 14.2 Å². The van der Waals surface area contributed by atoms with E-state index in [1.54, 1.807) is 0 Å². The number of alkyl halides is 1. The van der Waals surface area contributed by atoms with E-state index in [0.717, 1.165) is 0 Å². The van der Waals surface area contributed by atoms with Gasteiger partial charge >= 0.3 is 5.97 Å². The van der Waals surface area contributed by atoms with Gasteiger partial charge in [0.05, 0.1) is 23.5 Å². The second-order valence-electron chi connectivity index (χ2n) is 4.35. The summed E-state index contributed by atoms with van der Waals surface area (Å²) in [5.41, 5.74) is -0.805. The Morgan fingerprint density at radius 2 is 2.26 bits per heavy atom. The van der Waals surface area contributed by atoms with Crippen LogP contribution in [0, 0.1) is 0 Å². The highest BCUT2D eigenvalue weighted by Gasteiger charge is 2.54. The summed E-state index contributed by atoms with van der Waals surface area (Å²) in [6.07, 6.45) is -0.340. The van der Waals surface area contributed by atoms with Crippen LogP contribution in [0.25, 0.3) is 0 Å². The third kappa shape index (κ3) is 2.41. The molecular weight excluding hydrogens is 386 g/mol. The van der Waals surface area contributed by atoms with Gasteiger partial charge in [0.1, 0.15) is 11.9 Å². The van der Waals surface area contributed by atoms with Crippen LogP contribution in [0.4, 0.5) is 0 Å². The van der Waals surface area contributed by atoms with E-state index >= 15 is 0 Å². The number of ether oxygens (including phenoxy) is 2. The molecule has 0 aromatic rings. The first-order valence-corrected chi connectivity index (χ1v) is 7.25. The predicted molar refractivity (Wildman–Crippen MR) is 74.2 cm³/mol. The van der Waals surface area contributed by atoms with Gasteiger partial charge in [0.2, 0.25) is 0 Å². The molecule has 8 heteroatoms. The highest BCUT2D eigenvalue weighted by Crippen LogP contribution is 2.45. The molecule has 3 atom stereocenters. The lowest BCUT2D eigenvalue weighted by atomic mass is 9.82. The third-order valence-electron chi connectivity index (χ3n) is 3.23. The van der Waals surface area contributed by atoms with Crippen molar-refractivity contribution in [3.8, 4) is 0 Å². The van der Waals surface area contributed by atoms with Gasteiger partial charge in [0, 0.05) is 12.8 Å². The molecule has 6 nitrogen and oxygen atoms in total. The number of allylic oxidation sites excluding steroid dienone is 1. The molecule has 2 aliphatic rings. The van der Waals surface area contributed by atoms with Crippen molar-refractivity contribution >= 4 is 43.5 Å². The fraction of sp³-hybridized carbons (Fsp3) is 0.636. The summed E-state index contributed by atoms with van der Waals surface area (Å²) in [6.45, 7) is 0. The molecule has 1 aliphatic carbocycles. The van der Waals surface area contributed by atoms with Crippen molar-refractivity contribution in [2.45, 2.75) is 29.4 Å². The van der Waals surface area contributed by atoms with Gasteiger partial charge in [-0.3, -0.25) is 0 Å². The Morgan fingerprint density at radius 1 is 1.58 bits per heavy atom. The molecule has 0 amide bonds. The standard InChI is InChI=1S/C11H13Br2NO5/c1-17-8-5(12)3-11(9(15)7(8)13)4-6(14-19-11)10(16)18-2/h5,9,15H,3-4H2,1-2H3/t5?,9-,11+/m0/s1. The molecule has 0 aromatic carbocycles. The van der Waals surface area contributed by atoms with E-state index < -0.39 is 17.7 Å². The monoisotopic (exact) mass is 397 g/mol. The second kappa shape index (κ2) is 5.41. The van der Waals surface area contributed by atoms with E-state index in [2.05, 4.69) is 41.8 Å². The van der Waals surface area contributed by atoms with Gasteiger partial charge in [-0.2, -0.15) is 0 Å². The fourth-order valence-corrected chi connectivity index (χ4v) is 4.37. The van der Waals surface area contributed by atoms with Gasteiger partial charge < -0.3 is 19.4 Å². The fourth-order valence-electron chi connectivity index (χ4n) is 2.23. The lowest BCUT2D eigenvalue weighted by Crippen LogP contribution is -2.49. The average Bonchev–Trinajstić information content (AvgIpc) is 2.81. The van der Waals surface area contributed by atoms with Crippen molar-refractivity contribution in [1.29, 1.82) is 0 Å². The summed E-state index contributed by atoms with van der Waals surface area (Å²) in [4.78, 5) is 16.7. The molecule has 1 unspecified atom stereocenters. The third-order valence-corrected chi connectivity index (χ3v) is 4.79. The van der Waals surface area contributed by atoms with Crippen LogP contribution in [0.15, 0.2) is 15.4 Å². The number of aliphatic hydroxyl groups excluding tert-OH is 1. The van der Waals surface area contributed by atoms with Crippen LogP contribution in [-0.4, -0.2) is 47.5 Å². The molecule has 0 saturated heterocycles. The maximum atomic E-state index is 11.5. The highest BCUT2D eigenvalue weighted by molar-refractivity contribution is 9.12. The van der Waals surface area contributed by atoms with Crippen LogP contribution in [0.2, 0.25) is 0 Å². The van der Waals surface area contributed by atoms with Crippen LogP contribution in [0.1, 0.15) is 12.8 Å². The molecule has 0 saturated carbocycles. The van der Waals surface area contributed by atoms with E-state index in [1.807, 2.05) is 0 Å². The lowest BCUT2D eigenvalue weighted by Gasteiger charge is -2.38. The van der Waals surface area contributed by atoms with E-state index in [4.69, 9.17) is 9.57 Å². The maximum absolute atomic E-state index is 11.5. The Morgan fingerprint density at radius 3 is 2.84 bits per heavy atom. The van der Waals surface area contributed by atoms with Crippen molar-refractivity contribution in [3.05, 3.63) is 10.2 Å². The van der Waals surface area contributed by atoms with E-state index in [-0.39, 0.29) is 17.0 Å². The second-order valence-corrected chi connectivity index (χ2v) is 6.31. The minimum Gasteiger partial charge on any atom is -0.499 e.